The molecule has 3 heteroatoms. The van der Waals surface area contributed by atoms with Crippen molar-refractivity contribution in [2.45, 2.75) is 0 Å². The van der Waals surface area contributed by atoms with Crippen LogP contribution in [0.15, 0.2) is 54.6 Å². The predicted molar refractivity (Wildman–Crippen MR) is 66.8 cm³/mol. The lowest BCUT2D eigenvalue weighted by atomic mass is 10.3. The summed E-state index contributed by atoms with van der Waals surface area (Å²) in [7, 11) is 0. The Balaban J connectivity index is 1.76. The first-order chi connectivity index (χ1) is 8.36. The van der Waals surface area contributed by atoms with Crippen molar-refractivity contribution >= 4 is 5.69 Å². The Hall–Kier alpha value is -2.03. The van der Waals surface area contributed by atoms with Gasteiger partial charge in [0.15, 0.2) is 11.6 Å². The van der Waals surface area contributed by atoms with Gasteiger partial charge in [0.1, 0.15) is 6.61 Å². The van der Waals surface area contributed by atoms with Crippen molar-refractivity contribution in [3.63, 3.8) is 0 Å². The summed E-state index contributed by atoms with van der Waals surface area (Å²) in [6, 6.07) is 16.2. The van der Waals surface area contributed by atoms with Crippen molar-refractivity contribution in [1.29, 1.82) is 0 Å². The number of rotatable bonds is 5. The Kier molecular flexibility index (Phi) is 3.97. The van der Waals surface area contributed by atoms with Gasteiger partial charge in [-0.1, -0.05) is 30.3 Å². The van der Waals surface area contributed by atoms with E-state index in [2.05, 4.69) is 5.32 Å². The second-order valence-electron chi connectivity index (χ2n) is 3.57. The number of hydrogen-bond donors (Lipinski definition) is 1. The van der Waals surface area contributed by atoms with E-state index in [4.69, 9.17) is 4.74 Å². The van der Waals surface area contributed by atoms with Crippen molar-refractivity contribution in [3.8, 4) is 5.75 Å². The minimum atomic E-state index is -0.327. The van der Waals surface area contributed by atoms with Gasteiger partial charge in [-0.25, -0.2) is 4.39 Å². The molecule has 0 aliphatic carbocycles. The van der Waals surface area contributed by atoms with Crippen LogP contribution in [-0.2, 0) is 0 Å². The first-order valence-corrected chi connectivity index (χ1v) is 5.52. The molecular formula is C14H14FNO. The second kappa shape index (κ2) is 5.89. The molecule has 0 saturated carbocycles. The van der Waals surface area contributed by atoms with Gasteiger partial charge >= 0.3 is 0 Å². The molecule has 17 heavy (non-hydrogen) atoms. The molecule has 0 unspecified atom stereocenters. The third-order valence-corrected chi connectivity index (χ3v) is 2.30. The molecular weight excluding hydrogens is 217 g/mol. The molecule has 88 valence electrons. The third-order valence-electron chi connectivity index (χ3n) is 2.30. The van der Waals surface area contributed by atoms with Crippen molar-refractivity contribution in [1.82, 2.24) is 0 Å². The van der Waals surface area contributed by atoms with Crippen molar-refractivity contribution in [2.24, 2.45) is 0 Å². The first kappa shape index (κ1) is 11.5. The maximum atomic E-state index is 13.2. The molecule has 2 nitrogen and oxygen atoms in total. The Labute approximate surface area is 100 Å². The van der Waals surface area contributed by atoms with Crippen LogP contribution >= 0.6 is 0 Å². The van der Waals surface area contributed by atoms with E-state index in [9.17, 15) is 4.39 Å². The fraction of sp³-hybridized carbons (Fsp3) is 0.143. The number of para-hydroxylation sites is 2. The number of halogens is 1. The first-order valence-electron chi connectivity index (χ1n) is 5.52. The molecule has 0 amide bonds. The zero-order chi connectivity index (χ0) is 11.9. The van der Waals surface area contributed by atoms with Gasteiger partial charge in [-0.15, -0.1) is 0 Å². The maximum absolute atomic E-state index is 13.2. The molecule has 0 aromatic heterocycles. The number of benzene rings is 2. The van der Waals surface area contributed by atoms with E-state index in [0.29, 0.717) is 18.9 Å². The maximum Gasteiger partial charge on any atom is 0.165 e. The van der Waals surface area contributed by atoms with Gasteiger partial charge in [-0.2, -0.15) is 0 Å². The predicted octanol–water partition coefficient (Wildman–Crippen LogP) is 3.32. The highest BCUT2D eigenvalue weighted by molar-refractivity contribution is 5.42. The summed E-state index contributed by atoms with van der Waals surface area (Å²) in [6.45, 7) is 1.06. The Morgan fingerprint density at radius 3 is 2.41 bits per heavy atom. The number of ether oxygens (including phenoxy) is 1. The van der Waals surface area contributed by atoms with Crippen LogP contribution in [-0.4, -0.2) is 13.2 Å². The van der Waals surface area contributed by atoms with Crippen LogP contribution in [0, 0.1) is 5.82 Å². The van der Waals surface area contributed by atoms with Crippen LogP contribution in [0.25, 0.3) is 0 Å². The monoisotopic (exact) mass is 231 g/mol. The molecule has 0 saturated heterocycles. The molecule has 0 aliphatic heterocycles. The normalized spacial score (nSPS) is 9.94. The summed E-state index contributed by atoms with van der Waals surface area (Å²) in [5, 5.41) is 3.19. The summed E-state index contributed by atoms with van der Waals surface area (Å²) in [5.74, 6) is -0.0328. The van der Waals surface area contributed by atoms with E-state index in [1.165, 1.54) is 6.07 Å². The minimum Gasteiger partial charge on any atom is -0.489 e. The van der Waals surface area contributed by atoms with Gasteiger partial charge in [0, 0.05) is 12.2 Å². The Bertz CT molecular complexity index is 459. The quantitative estimate of drug-likeness (QED) is 0.797. The SMILES string of the molecule is Fc1ccccc1OCCNc1ccccc1. The highest BCUT2D eigenvalue weighted by Gasteiger charge is 2.00. The summed E-state index contributed by atoms with van der Waals surface area (Å²) in [5.41, 5.74) is 1.03. The van der Waals surface area contributed by atoms with Gasteiger partial charge in [0.2, 0.25) is 0 Å². The highest BCUT2D eigenvalue weighted by atomic mass is 19.1. The van der Waals surface area contributed by atoms with Gasteiger partial charge in [-0.3, -0.25) is 0 Å². The lowest BCUT2D eigenvalue weighted by Crippen LogP contribution is -2.11. The average Bonchev–Trinajstić information content (AvgIpc) is 2.38. The lowest BCUT2D eigenvalue weighted by molar-refractivity contribution is 0.315. The number of hydrogen-bond acceptors (Lipinski definition) is 2. The van der Waals surface area contributed by atoms with E-state index >= 15 is 0 Å². The number of anilines is 1. The van der Waals surface area contributed by atoms with Gasteiger partial charge in [0.25, 0.3) is 0 Å². The molecule has 0 spiro atoms. The molecule has 0 bridgehead atoms. The Morgan fingerprint density at radius 1 is 0.941 bits per heavy atom. The van der Waals surface area contributed by atoms with E-state index in [1.54, 1.807) is 18.2 Å². The summed E-state index contributed by atoms with van der Waals surface area (Å²) >= 11 is 0. The molecule has 2 aromatic carbocycles. The van der Waals surface area contributed by atoms with Gasteiger partial charge in [-0.05, 0) is 24.3 Å². The van der Waals surface area contributed by atoms with Crippen LogP contribution in [0.2, 0.25) is 0 Å². The lowest BCUT2D eigenvalue weighted by Gasteiger charge is -2.08. The van der Waals surface area contributed by atoms with Crippen LogP contribution in [0.5, 0.6) is 5.75 Å². The van der Waals surface area contributed by atoms with Crippen LogP contribution < -0.4 is 10.1 Å². The van der Waals surface area contributed by atoms with Crippen molar-refractivity contribution in [3.05, 3.63) is 60.4 Å². The molecule has 0 radical (unpaired) electrons. The molecule has 0 atom stereocenters. The molecule has 2 aromatic rings. The zero-order valence-corrected chi connectivity index (χ0v) is 9.40. The average molecular weight is 231 g/mol. The zero-order valence-electron chi connectivity index (χ0n) is 9.40. The molecule has 1 N–H and O–H groups in total. The third kappa shape index (κ3) is 3.48. The van der Waals surface area contributed by atoms with Crippen molar-refractivity contribution in [2.75, 3.05) is 18.5 Å². The molecule has 0 aliphatic rings. The topological polar surface area (TPSA) is 21.3 Å². The van der Waals surface area contributed by atoms with E-state index < -0.39 is 0 Å². The summed E-state index contributed by atoms with van der Waals surface area (Å²) < 4.78 is 18.5. The fourth-order valence-electron chi connectivity index (χ4n) is 1.47. The highest BCUT2D eigenvalue weighted by Crippen LogP contribution is 2.15. The smallest absolute Gasteiger partial charge is 0.165 e. The molecule has 0 heterocycles. The van der Waals surface area contributed by atoms with Gasteiger partial charge < -0.3 is 10.1 Å². The molecule has 2 rings (SSSR count). The largest absolute Gasteiger partial charge is 0.489 e. The molecule has 0 fully saturated rings. The van der Waals surface area contributed by atoms with Gasteiger partial charge in [0.05, 0.1) is 0 Å². The summed E-state index contributed by atoms with van der Waals surface area (Å²) in [4.78, 5) is 0. The van der Waals surface area contributed by atoms with E-state index in [-0.39, 0.29) is 5.82 Å². The van der Waals surface area contributed by atoms with Crippen molar-refractivity contribution < 1.29 is 9.13 Å². The second-order valence-corrected chi connectivity index (χ2v) is 3.57. The van der Waals surface area contributed by atoms with Crippen LogP contribution in [0.3, 0.4) is 0 Å². The van der Waals surface area contributed by atoms with Crippen LogP contribution in [0.1, 0.15) is 0 Å². The van der Waals surface area contributed by atoms with E-state index in [1.807, 2.05) is 30.3 Å². The standard InChI is InChI=1S/C14H14FNO/c15-13-8-4-5-9-14(13)17-11-10-16-12-6-2-1-3-7-12/h1-9,16H,10-11H2. The summed E-state index contributed by atoms with van der Waals surface area (Å²) in [6.07, 6.45) is 0. The van der Waals surface area contributed by atoms with E-state index in [0.717, 1.165) is 5.69 Å². The fourth-order valence-corrected chi connectivity index (χ4v) is 1.47. The Morgan fingerprint density at radius 2 is 1.65 bits per heavy atom. The number of nitrogens with one attached hydrogen (secondary N) is 1. The minimum absolute atomic E-state index is 0.294. The van der Waals surface area contributed by atoms with Crippen LogP contribution in [0.4, 0.5) is 10.1 Å².